The van der Waals surface area contributed by atoms with E-state index in [1.807, 2.05) is 45.4 Å². The van der Waals surface area contributed by atoms with Crippen LogP contribution in [0.25, 0.3) is 0 Å². The molecule has 0 amide bonds. The van der Waals surface area contributed by atoms with Crippen LogP contribution in [0.15, 0.2) is 47.5 Å². The van der Waals surface area contributed by atoms with Crippen LogP contribution >= 0.6 is 24.0 Å². The molecule has 2 rings (SSSR count). The number of methoxy groups -OCH3 is 2. The molecule has 0 fully saturated rings. The van der Waals surface area contributed by atoms with Gasteiger partial charge in [-0.15, -0.1) is 24.0 Å². The highest BCUT2D eigenvalue weighted by Crippen LogP contribution is 2.27. The first-order chi connectivity index (χ1) is 15.0. The lowest BCUT2D eigenvalue weighted by Crippen LogP contribution is -2.39. The zero-order valence-electron chi connectivity index (χ0n) is 20.1. The fourth-order valence-electron chi connectivity index (χ4n) is 3.10. The van der Waals surface area contributed by atoms with Crippen molar-refractivity contribution >= 4 is 29.9 Å². The molecule has 0 aromatic heterocycles. The van der Waals surface area contributed by atoms with Crippen molar-refractivity contribution in [3.05, 3.63) is 53.6 Å². The van der Waals surface area contributed by atoms with Crippen LogP contribution in [0.3, 0.4) is 0 Å². The Labute approximate surface area is 209 Å². The molecule has 0 unspecified atom stereocenters. The van der Waals surface area contributed by atoms with Gasteiger partial charge >= 0.3 is 0 Å². The second-order valence-electron chi connectivity index (χ2n) is 7.56. The predicted octanol–water partition coefficient (Wildman–Crippen LogP) is 3.51. The topological polar surface area (TPSA) is 58.6 Å². The number of halogens is 1. The van der Waals surface area contributed by atoms with Crippen LogP contribution in [-0.2, 0) is 13.0 Å². The van der Waals surface area contributed by atoms with Crippen molar-refractivity contribution in [2.24, 2.45) is 4.99 Å². The van der Waals surface area contributed by atoms with Gasteiger partial charge in [-0.25, -0.2) is 0 Å². The van der Waals surface area contributed by atoms with Crippen molar-refractivity contribution in [2.75, 3.05) is 62.1 Å². The first kappa shape index (κ1) is 27.8. The van der Waals surface area contributed by atoms with E-state index in [0.717, 1.165) is 48.3 Å². The SMILES string of the molecule is CN=C(NCc1cccc(OCCN(C)C)c1)N(C)CCc1ccc(OC)c(OC)c1.I. The van der Waals surface area contributed by atoms with Gasteiger partial charge in [0.1, 0.15) is 12.4 Å². The molecular formula is C24H37IN4O3. The Morgan fingerprint density at radius 1 is 0.938 bits per heavy atom. The number of nitrogens with one attached hydrogen (secondary N) is 1. The summed E-state index contributed by atoms with van der Waals surface area (Å²) in [7, 11) is 11.2. The molecule has 0 atom stereocenters. The van der Waals surface area contributed by atoms with Gasteiger partial charge in [0.15, 0.2) is 17.5 Å². The van der Waals surface area contributed by atoms with Crippen molar-refractivity contribution in [1.82, 2.24) is 15.1 Å². The minimum Gasteiger partial charge on any atom is -0.493 e. The summed E-state index contributed by atoms with van der Waals surface area (Å²) in [6.07, 6.45) is 0.868. The van der Waals surface area contributed by atoms with E-state index in [4.69, 9.17) is 14.2 Å². The molecule has 0 saturated carbocycles. The Hall–Kier alpha value is -2.20. The second-order valence-corrected chi connectivity index (χ2v) is 7.56. The average Bonchev–Trinajstić information content (AvgIpc) is 2.77. The highest BCUT2D eigenvalue weighted by atomic mass is 127. The zero-order chi connectivity index (χ0) is 22.6. The van der Waals surface area contributed by atoms with E-state index in [2.05, 4.69) is 38.3 Å². The van der Waals surface area contributed by atoms with Gasteiger partial charge in [-0.1, -0.05) is 18.2 Å². The molecule has 2 aromatic rings. The lowest BCUT2D eigenvalue weighted by molar-refractivity contribution is 0.261. The van der Waals surface area contributed by atoms with Crippen LogP contribution in [0.5, 0.6) is 17.2 Å². The normalized spacial score (nSPS) is 11.0. The number of benzene rings is 2. The van der Waals surface area contributed by atoms with Gasteiger partial charge < -0.3 is 29.3 Å². The summed E-state index contributed by atoms with van der Waals surface area (Å²) < 4.78 is 16.5. The predicted molar refractivity (Wildman–Crippen MR) is 142 cm³/mol. The third-order valence-corrected chi connectivity index (χ3v) is 4.91. The van der Waals surface area contributed by atoms with Crippen molar-refractivity contribution in [1.29, 1.82) is 0 Å². The molecule has 0 heterocycles. The Balaban J connectivity index is 0.00000512. The molecule has 1 N–H and O–H groups in total. The summed E-state index contributed by atoms with van der Waals surface area (Å²) in [5, 5.41) is 3.43. The molecule has 178 valence electrons. The highest BCUT2D eigenvalue weighted by molar-refractivity contribution is 14.0. The molecule has 7 nitrogen and oxygen atoms in total. The molecule has 0 spiro atoms. The zero-order valence-corrected chi connectivity index (χ0v) is 22.4. The van der Waals surface area contributed by atoms with Gasteiger partial charge in [-0.2, -0.15) is 0 Å². The molecule has 0 radical (unpaired) electrons. The Morgan fingerprint density at radius 2 is 1.69 bits per heavy atom. The highest BCUT2D eigenvalue weighted by Gasteiger charge is 2.09. The minimum atomic E-state index is 0. The number of nitrogens with zero attached hydrogens (tertiary/aromatic N) is 3. The number of hydrogen-bond acceptors (Lipinski definition) is 5. The smallest absolute Gasteiger partial charge is 0.193 e. The number of aliphatic imine (C=N–C) groups is 1. The van der Waals surface area contributed by atoms with E-state index in [-0.39, 0.29) is 24.0 Å². The molecular weight excluding hydrogens is 519 g/mol. The van der Waals surface area contributed by atoms with Gasteiger partial charge in [-0.05, 0) is 55.9 Å². The van der Waals surface area contributed by atoms with E-state index in [0.29, 0.717) is 13.2 Å². The summed E-state index contributed by atoms with van der Waals surface area (Å²) in [4.78, 5) is 8.64. The second kappa shape index (κ2) is 14.8. The van der Waals surface area contributed by atoms with Gasteiger partial charge in [-0.3, -0.25) is 4.99 Å². The molecule has 2 aromatic carbocycles. The summed E-state index contributed by atoms with van der Waals surface area (Å²) in [5.41, 5.74) is 2.33. The monoisotopic (exact) mass is 556 g/mol. The largest absolute Gasteiger partial charge is 0.493 e. The van der Waals surface area contributed by atoms with Crippen LogP contribution in [0.4, 0.5) is 0 Å². The average molecular weight is 556 g/mol. The molecule has 0 bridgehead atoms. The van der Waals surface area contributed by atoms with Crippen LogP contribution in [-0.4, -0.2) is 77.9 Å². The maximum absolute atomic E-state index is 5.83. The van der Waals surface area contributed by atoms with Crippen molar-refractivity contribution in [3.8, 4) is 17.2 Å². The van der Waals surface area contributed by atoms with Crippen LogP contribution < -0.4 is 19.5 Å². The molecule has 0 aliphatic heterocycles. The van der Waals surface area contributed by atoms with E-state index in [1.54, 1.807) is 21.3 Å². The molecule has 0 saturated heterocycles. The van der Waals surface area contributed by atoms with Gasteiger partial charge in [0.05, 0.1) is 14.2 Å². The van der Waals surface area contributed by atoms with E-state index in [1.165, 1.54) is 5.56 Å². The Kier molecular flexibility index (Phi) is 12.9. The van der Waals surface area contributed by atoms with Gasteiger partial charge in [0.2, 0.25) is 0 Å². The standard InChI is InChI=1S/C24H36N4O3.HI/c1-25-24(26-18-20-8-7-9-21(16-20)31-15-14-27(2)3)28(4)13-12-19-10-11-22(29-5)23(17-19)30-6;/h7-11,16-17H,12-15,18H2,1-6H3,(H,25,26);1H. The van der Waals surface area contributed by atoms with E-state index < -0.39 is 0 Å². The Bertz CT molecular complexity index is 846. The number of ether oxygens (including phenoxy) is 3. The number of guanidine groups is 1. The van der Waals surface area contributed by atoms with Crippen molar-refractivity contribution in [2.45, 2.75) is 13.0 Å². The maximum atomic E-state index is 5.83. The number of likely N-dealkylation sites (N-methyl/N-ethyl adjacent to an activating group) is 2. The summed E-state index contributed by atoms with van der Waals surface area (Å²) in [6.45, 7) is 3.06. The van der Waals surface area contributed by atoms with Crippen molar-refractivity contribution in [3.63, 3.8) is 0 Å². The van der Waals surface area contributed by atoms with Gasteiger partial charge in [0.25, 0.3) is 0 Å². The maximum Gasteiger partial charge on any atom is 0.193 e. The third kappa shape index (κ3) is 9.12. The molecule has 0 aliphatic carbocycles. The molecule has 0 aliphatic rings. The minimum absolute atomic E-state index is 0. The fourth-order valence-corrected chi connectivity index (χ4v) is 3.10. The van der Waals surface area contributed by atoms with Crippen LogP contribution in [0.2, 0.25) is 0 Å². The number of rotatable bonds is 11. The summed E-state index contributed by atoms with van der Waals surface area (Å²) in [5.74, 6) is 3.22. The quantitative estimate of drug-likeness (QED) is 0.260. The summed E-state index contributed by atoms with van der Waals surface area (Å²) in [6, 6.07) is 14.2. The summed E-state index contributed by atoms with van der Waals surface area (Å²) >= 11 is 0. The van der Waals surface area contributed by atoms with Crippen LogP contribution in [0, 0.1) is 0 Å². The first-order valence-corrected chi connectivity index (χ1v) is 10.5. The third-order valence-electron chi connectivity index (χ3n) is 4.91. The lowest BCUT2D eigenvalue weighted by atomic mass is 10.1. The number of hydrogen-bond donors (Lipinski definition) is 1. The lowest BCUT2D eigenvalue weighted by Gasteiger charge is -2.22. The van der Waals surface area contributed by atoms with E-state index in [9.17, 15) is 0 Å². The fraction of sp³-hybridized carbons (Fsp3) is 0.458. The first-order valence-electron chi connectivity index (χ1n) is 10.5. The van der Waals surface area contributed by atoms with Crippen molar-refractivity contribution < 1.29 is 14.2 Å². The van der Waals surface area contributed by atoms with Gasteiger partial charge in [0, 0.05) is 33.7 Å². The molecule has 32 heavy (non-hydrogen) atoms. The van der Waals surface area contributed by atoms with E-state index >= 15 is 0 Å². The Morgan fingerprint density at radius 3 is 2.34 bits per heavy atom. The van der Waals surface area contributed by atoms with Crippen LogP contribution in [0.1, 0.15) is 11.1 Å². The molecule has 8 heteroatoms.